The van der Waals surface area contributed by atoms with Gasteiger partial charge in [-0.1, -0.05) is 261 Å². The van der Waals surface area contributed by atoms with Crippen LogP contribution in [0.4, 0.5) is 0 Å². The maximum Gasteiger partial charge on any atom is 0.164 e. The van der Waals surface area contributed by atoms with Crippen LogP contribution in [0, 0.1) is 0 Å². The van der Waals surface area contributed by atoms with Gasteiger partial charge in [0.15, 0.2) is 34.9 Å². The number of hydrogen-bond donors (Lipinski definition) is 0. The summed E-state index contributed by atoms with van der Waals surface area (Å²) >= 11 is 0. The van der Waals surface area contributed by atoms with Crippen LogP contribution in [-0.2, 0) is 0 Å². The minimum atomic E-state index is 0.628. The molecule has 496 valence electrons. The summed E-state index contributed by atoms with van der Waals surface area (Å²) in [6.07, 6.45) is 0. The number of hydrogen-bond acceptors (Lipinski definition) is 6. The number of para-hydroxylation sites is 6. The molecule has 21 aromatic rings. The Kier molecular flexibility index (Phi) is 15.0. The van der Waals surface area contributed by atoms with E-state index in [0.717, 1.165) is 89.3 Å². The SMILES string of the molecule is c1ccc(-c2cccc(-c3nc(-c4ccccc4)nc(-c4ccc(-n5c6ccccc6c6cc(-n7c8ccccc8c8ccccc87)ccc65)cc4)n3)c2)cc1.c1ccc(-c2nc(-c3ccccc3)nc(-c3cccc(-n4c5ccccc5c5cc(-n6c7ccccc7c7ccccc76)ccc54)c3)n2)cc1. The van der Waals surface area contributed by atoms with E-state index in [1.807, 2.05) is 97.1 Å². The normalized spacial score (nSPS) is 11.6. The molecule has 6 aromatic heterocycles. The van der Waals surface area contributed by atoms with E-state index in [2.05, 4.69) is 297 Å². The van der Waals surface area contributed by atoms with Gasteiger partial charge >= 0.3 is 0 Å². The van der Waals surface area contributed by atoms with E-state index in [4.69, 9.17) is 29.9 Å². The van der Waals surface area contributed by atoms with Gasteiger partial charge in [-0.3, -0.25) is 0 Å². The second kappa shape index (κ2) is 25.8. The van der Waals surface area contributed by atoms with E-state index < -0.39 is 0 Å². The molecule has 0 saturated heterocycles. The van der Waals surface area contributed by atoms with E-state index >= 15 is 0 Å². The largest absolute Gasteiger partial charge is 0.309 e. The van der Waals surface area contributed by atoms with Gasteiger partial charge in [-0.2, -0.15) is 0 Å². The summed E-state index contributed by atoms with van der Waals surface area (Å²) in [5.41, 5.74) is 21.7. The summed E-state index contributed by atoms with van der Waals surface area (Å²) in [7, 11) is 0. The van der Waals surface area contributed by atoms with Gasteiger partial charge in [0.2, 0.25) is 0 Å². The van der Waals surface area contributed by atoms with Crippen molar-refractivity contribution in [2.75, 3.05) is 0 Å². The van der Waals surface area contributed by atoms with Gasteiger partial charge in [0.1, 0.15) is 0 Å². The number of benzene rings is 15. The van der Waals surface area contributed by atoms with Crippen molar-refractivity contribution >= 4 is 87.2 Å². The van der Waals surface area contributed by atoms with Gasteiger partial charge in [0.05, 0.1) is 44.1 Å². The van der Waals surface area contributed by atoms with Crippen molar-refractivity contribution in [1.29, 1.82) is 0 Å². The first-order valence-corrected chi connectivity index (χ1v) is 35.7. The third-order valence-electron chi connectivity index (χ3n) is 20.3. The summed E-state index contributed by atoms with van der Waals surface area (Å²) in [5, 5.41) is 9.84. The molecule has 0 amide bonds. The topological polar surface area (TPSA) is 97.1 Å². The lowest BCUT2D eigenvalue weighted by Crippen LogP contribution is -2.01. The fourth-order valence-corrected chi connectivity index (χ4v) is 15.5. The Morgan fingerprint density at radius 2 is 0.368 bits per heavy atom. The fourth-order valence-electron chi connectivity index (χ4n) is 15.5. The standard InChI is InChI=1S/C51H33N5.C45H29N5/c1-3-14-34(15-4-1)37-18-13-19-38(32-37)51-53-49(35-16-5-2-6-17-35)52-50(54-51)36-26-28-39(29-27-36)55-47-25-12-9-22-43(47)44-33-40(30-31-48(44)55)56-45-23-10-7-20-41(45)42-21-8-11-24-46(42)56;1-3-14-30(15-4-1)43-46-44(31-16-5-2-6-17-31)48-45(47-43)32-18-13-19-33(28-32)49-41-25-12-9-22-37(41)38-29-34(26-27-42(38)49)50-39-23-10-7-20-35(39)36-21-8-11-24-40(36)50/h1-33H;1-29H. The Morgan fingerprint density at radius 3 is 0.736 bits per heavy atom. The predicted octanol–water partition coefficient (Wildman–Crippen LogP) is 23.8. The maximum absolute atomic E-state index is 5.07. The Bertz CT molecular complexity index is 6770. The minimum absolute atomic E-state index is 0.628. The van der Waals surface area contributed by atoms with Crippen LogP contribution >= 0.6 is 0 Å². The zero-order valence-corrected chi connectivity index (χ0v) is 57.3. The van der Waals surface area contributed by atoms with E-state index in [-0.39, 0.29) is 0 Å². The lowest BCUT2D eigenvalue weighted by Gasteiger charge is -2.12. The van der Waals surface area contributed by atoms with Crippen LogP contribution in [0.5, 0.6) is 0 Å². The molecular formula is C96H62N10. The molecule has 0 spiro atoms. The Balaban J connectivity index is 0.000000141. The second-order valence-corrected chi connectivity index (χ2v) is 26.6. The van der Waals surface area contributed by atoms with Crippen LogP contribution in [0.3, 0.4) is 0 Å². The van der Waals surface area contributed by atoms with Gasteiger partial charge in [0.25, 0.3) is 0 Å². The first-order chi connectivity index (χ1) is 52.6. The average molecular weight is 1360 g/mol. The molecule has 15 aromatic carbocycles. The quantitative estimate of drug-likeness (QED) is 0.128. The third-order valence-corrected chi connectivity index (χ3v) is 20.3. The van der Waals surface area contributed by atoms with Crippen LogP contribution in [-0.4, -0.2) is 48.2 Å². The molecule has 10 nitrogen and oxygen atoms in total. The molecule has 0 aliphatic carbocycles. The molecule has 0 saturated carbocycles. The van der Waals surface area contributed by atoms with E-state index in [0.29, 0.717) is 34.9 Å². The van der Waals surface area contributed by atoms with Crippen molar-refractivity contribution in [1.82, 2.24) is 48.2 Å². The lowest BCUT2D eigenvalue weighted by molar-refractivity contribution is 1.07. The Labute approximate surface area is 610 Å². The third kappa shape index (κ3) is 10.7. The van der Waals surface area contributed by atoms with Crippen molar-refractivity contribution in [3.05, 3.63) is 376 Å². The predicted molar refractivity (Wildman–Crippen MR) is 435 cm³/mol. The smallest absolute Gasteiger partial charge is 0.164 e. The molecule has 0 unspecified atom stereocenters. The van der Waals surface area contributed by atoms with Crippen LogP contribution < -0.4 is 0 Å². The molecule has 0 bridgehead atoms. The zero-order chi connectivity index (χ0) is 70.0. The van der Waals surface area contributed by atoms with Crippen molar-refractivity contribution < 1.29 is 0 Å². The average Bonchev–Trinajstić information content (AvgIpc) is 1.58. The Hall–Kier alpha value is -14.5. The first kappa shape index (κ1) is 61.4. The second-order valence-electron chi connectivity index (χ2n) is 26.6. The summed E-state index contributed by atoms with van der Waals surface area (Å²) in [6.45, 7) is 0. The van der Waals surface area contributed by atoms with Crippen LogP contribution in [0.25, 0.3) is 189 Å². The van der Waals surface area contributed by atoms with Crippen LogP contribution in [0.2, 0.25) is 0 Å². The van der Waals surface area contributed by atoms with Crippen molar-refractivity contribution in [3.63, 3.8) is 0 Å². The number of fused-ring (bicyclic) bond motifs is 12. The molecule has 0 aliphatic rings. The monoisotopic (exact) mass is 1350 g/mol. The molecule has 10 heteroatoms. The number of aromatic nitrogens is 10. The fraction of sp³-hybridized carbons (Fsp3) is 0. The summed E-state index contributed by atoms with van der Waals surface area (Å²) < 4.78 is 9.47. The molecule has 0 aliphatic heterocycles. The van der Waals surface area contributed by atoms with Crippen molar-refractivity contribution in [2.24, 2.45) is 0 Å². The van der Waals surface area contributed by atoms with Gasteiger partial charge in [-0.15, -0.1) is 0 Å². The van der Waals surface area contributed by atoms with Gasteiger partial charge in [-0.25, -0.2) is 29.9 Å². The molecule has 0 radical (unpaired) electrons. The van der Waals surface area contributed by atoms with Gasteiger partial charge in [-0.05, 0) is 126 Å². The molecule has 106 heavy (non-hydrogen) atoms. The maximum atomic E-state index is 5.07. The highest BCUT2D eigenvalue weighted by Gasteiger charge is 2.22. The molecule has 21 rings (SSSR count). The first-order valence-electron chi connectivity index (χ1n) is 35.7. The highest BCUT2D eigenvalue weighted by atomic mass is 15.1. The highest BCUT2D eigenvalue weighted by Crippen LogP contribution is 2.41. The molecule has 0 N–H and O–H groups in total. The van der Waals surface area contributed by atoms with Crippen LogP contribution in [0.1, 0.15) is 0 Å². The molecular weight excluding hydrogens is 1290 g/mol. The summed E-state index contributed by atoms with van der Waals surface area (Å²) in [6, 6.07) is 132. The molecule has 0 fully saturated rings. The summed E-state index contributed by atoms with van der Waals surface area (Å²) in [5.74, 6) is 3.83. The van der Waals surface area contributed by atoms with Crippen molar-refractivity contribution in [2.45, 2.75) is 0 Å². The van der Waals surface area contributed by atoms with Crippen LogP contribution in [0.15, 0.2) is 376 Å². The van der Waals surface area contributed by atoms with E-state index in [1.54, 1.807) is 0 Å². The number of rotatable bonds is 11. The zero-order valence-electron chi connectivity index (χ0n) is 57.3. The molecule has 0 atom stereocenters. The van der Waals surface area contributed by atoms with Gasteiger partial charge in [0, 0.05) is 99.2 Å². The highest BCUT2D eigenvalue weighted by molar-refractivity contribution is 6.14. The number of nitrogens with zero attached hydrogens (tertiary/aromatic N) is 10. The lowest BCUT2D eigenvalue weighted by atomic mass is 10.0. The summed E-state index contributed by atoms with van der Waals surface area (Å²) in [4.78, 5) is 30.0. The van der Waals surface area contributed by atoms with Gasteiger partial charge < -0.3 is 18.3 Å². The van der Waals surface area contributed by atoms with Crippen molar-refractivity contribution in [3.8, 4) is 102 Å². The van der Waals surface area contributed by atoms with E-state index in [1.165, 1.54) is 65.2 Å². The minimum Gasteiger partial charge on any atom is -0.309 e. The Morgan fingerprint density at radius 1 is 0.132 bits per heavy atom. The van der Waals surface area contributed by atoms with E-state index in [9.17, 15) is 0 Å². The molecule has 6 heterocycles.